The molecule has 1 saturated heterocycles. The smallest absolute Gasteiger partial charge is 0.127 e. The minimum atomic E-state index is 0.580. The molecule has 18 heavy (non-hydrogen) atoms. The fourth-order valence-corrected chi connectivity index (χ4v) is 2.75. The average Bonchev–Trinajstić information content (AvgIpc) is 2.76. The Bertz CT molecular complexity index is 370. The molecule has 0 aliphatic carbocycles. The summed E-state index contributed by atoms with van der Waals surface area (Å²) >= 11 is 0. The van der Waals surface area contributed by atoms with Crippen LogP contribution in [0.3, 0.4) is 0 Å². The molecule has 0 N–H and O–H groups in total. The van der Waals surface area contributed by atoms with Gasteiger partial charge in [-0.15, -0.1) is 0 Å². The van der Waals surface area contributed by atoms with Crippen LogP contribution in [-0.2, 0) is 0 Å². The van der Waals surface area contributed by atoms with Gasteiger partial charge in [0.25, 0.3) is 0 Å². The van der Waals surface area contributed by atoms with E-state index in [2.05, 4.69) is 42.1 Å². The van der Waals surface area contributed by atoms with Gasteiger partial charge in [-0.2, -0.15) is 0 Å². The largest absolute Gasteiger partial charge is 0.363 e. The van der Waals surface area contributed by atoms with E-state index < -0.39 is 0 Å². The number of hydrogen-bond donors (Lipinski definition) is 0. The van der Waals surface area contributed by atoms with Gasteiger partial charge in [-0.05, 0) is 36.9 Å². The maximum absolute atomic E-state index is 4.54. The molecule has 1 atom stereocenters. The van der Waals surface area contributed by atoms with E-state index in [1.54, 1.807) is 0 Å². The number of hydrogen-bond acceptors (Lipinski definition) is 3. The summed E-state index contributed by atoms with van der Waals surface area (Å²) in [6.07, 6.45) is 4.64. The van der Waals surface area contributed by atoms with E-state index in [-0.39, 0.29) is 0 Å². The molecule has 1 aliphatic heterocycles. The van der Waals surface area contributed by atoms with Gasteiger partial charge in [-0.1, -0.05) is 19.9 Å². The lowest BCUT2D eigenvalue weighted by Gasteiger charge is -2.26. The molecule has 0 radical (unpaired) electrons. The van der Waals surface area contributed by atoms with Crippen molar-refractivity contribution in [3.05, 3.63) is 23.9 Å². The third-order valence-electron chi connectivity index (χ3n) is 3.58. The zero-order valence-electron chi connectivity index (χ0n) is 12.1. The summed E-state index contributed by atoms with van der Waals surface area (Å²) in [5.74, 6) is 1.77. The number of pyridine rings is 1. The zero-order chi connectivity index (χ0) is 13.1. The van der Waals surface area contributed by atoms with Crippen molar-refractivity contribution in [2.75, 3.05) is 32.1 Å². The van der Waals surface area contributed by atoms with Crippen molar-refractivity contribution in [2.24, 2.45) is 5.92 Å². The van der Waals surface area contributed by atoms with Crippen LogP contribution in [0.15, 0.2) is 18.3 Å². The van der Waals surface area contributed by atoms with Gasteiger partial charge in [0.2, 0.25) is 0 Å². The highest BCUT2D eigenvalue weighted by Crippen LogP contribution is 2.32. The van der Waals surface area contributed by atoms with E-state index in [1.807, 2.05) is 19.0 Å². The summed E-state index contributed by atoms with van der Waals surface area (Å²) in [5.41, 5.74) is 1.37. The summed E-state index contributed by atoms with van der Waals surface area (Å²) in [7, 11) is 4.06. The molecule has 0 spiro atoms. The zero-order valence-corrected chi connectivity index (χ0v) is 12.1. The molecule has 2 rings (SSSR count). The lowest BCUT2D eigenvalue weighted by Crippen LogP contribution is -2.27. The van der Waals surface area contributed by atoms with Gasteiger partial charge < -0.3 is 4.90 Å². The van der Waals surface area contributed by atoms with Crippen LogP contribution in [0.25, 0.3) is 0 Å². The third kappa shape index (κ3) is 3.02. The van der Waals surface area contributed by atoms with Gasteiger partial charge in [-0.25, -0.2) is 4.98 Å². The van der Waals surface area contributed by atoms with Crippen molar-refractivity contribution in [3.63, 3.8) is 0 Å². The standard InChI is InChI=1S/C15H25N3/c1-12(2)11-18-9-5-6-14(18)13-7-8-15(16-10-13)17(3)4/h7-8,10,12,14H,5-6,9,11H2,1-4H3/t14-/m1/s1. The second-order valence-electron chi connectivity index (χ2n) is 5.89. The van der Waals surface area contributed by atoms with E-state index in [4.69, 9.17) is 0 Å². The van der Waals surface area contributed by atoms with Crippen LogP contribution in [0.4, 0.5) is 5.82 Å². The van der Waals surface area contributed by atoms with Crippen LogP contribution >= 0.6 is 0 Å². The van der Waals surface area contributed by atoms with Crippen LogP contribution < -0.4 is 4.90 Å². The predicted octanol–water partition coefficient (Wildman–Crippen LogP) is 2.94. The highest BCUT2D eigenvalue weighted by Gasteiger charge is 2.26. The Morgan fingerprint density at radius 3 is 2.72 bits per heavy atom. The van der Waals surface area contributed by atoms with Gasteiger partial charge in [-0.3, -0.25) is 4.90 Å². The van der Waals surface area contributed by atoms with Gasteiger partial charge >= 0.3 is 0 Å². The van der Waals surface area contributed by atoms with Gasteiger partial charge in [0.15, 0.2) is 0 Å². The first-order valence-electron chi connectivity index (χ1n) is 6.95. The Morgan fingerprint density at radius 1 is 1.39 bits per heavy atom. The molecule has 3 nitrogen and oxygen atoms in total. The molecule has 100 valence electrons. The SMILES string of the molecule is CC(C)CN1CCC[C@@H]1c1ccc(N(C)C)nc1. The van der Waals surface area contributed by atoms with E-state index >= 15 is 0 Å². The maximum atomic E-state index is 4.54. The summed E-state index contributed by atoms with van der Waals surface area (Å²) in [6, 6.07) is 4.95. The summed E-state index contributed by atoms with van der Waals surface area (Å²) in [6.45, 7) is 7.02. The maximum Gasteiger partial charge on any atom is 0.127 e. The number of aromatic nitrogens is 1. The lowest BCUT2D eigenvalue weighted by molar-refractivity contribution is 0.228. The summed E-state index contributed by atoms with van der Waals surface area (Å²) in [5, 5.41) is 0. The molecule has 0 aromatic carbocycles. The molecule has 0 unspecified atom stereocenters. The normalized spacial score (nSPS) is 20.6. The molecule has 0 saturated carbocycles. The molecule has 0 bridgehead atoms. The molecule has 1 aliphatic rings. The first kappa shape index (κ1) is 13.3. The van der Waals surface area contributed by atoms with Crippen LogP contribution in [0.2, 0.25) is 0 Å². The van der Waals surface area contributed by atoms with Crippen LogP contribution in [-0.4, -0.2) is 37.1 Å². The van der Waals surface area contributed by atoms with Crippen molar-refractivity contribution in [1.29, 1.82) is 0 Å². The molecule has 1 aromatic rings. The van der Waals surface area contributed by atoms with E-state index in [0.29, 0.717) is 6.04 Å². The molecular weight excluding hydrogens is 222 g/mol. The Labute approximate surface area is 111 Å². The van der Waals surface area contributed by atoms with Gasteiger partial charge in [0.05, 0.1) is 0 Å². The molecule has 2 heterocycles. The number of rotatable bonds is 4. The van der Waals surface area contributed by atoms with Crippen molar-refractivity contribution in [1.82, 2.24) is 9.88 Å². The van der Waals surface area contributed by atoms with Crippen molar-refractivity contribution < 1.29 is 0 Å². The minimum Gasteiger partial charge on any atom is -0.363 e. The van der Waals surface area contributed by atoms with Crippen LogP contribution in [0.5, 0.6) is 0 Å². The molecule has 0 amide bonds. The third-order valence-corrected chi connectivity index (χ3v) is 3.58. The Kier molecular flexibility index (Phi) is 4.23. The second-order valence-corrected chi connectivity index (χ2v) is 5.89. The average molecular weight is 247 g/mol. The number of nitrogens with zero attached hydrogens (tertiary/aromatic N) is 3. The Balaban J connectivity index is 2.10. The minimum absolute atomic E-state index is 0.580. The van der Waals surface area contributed by atoms with E-state index in [0.717, 1.165) is 11.7 Å². The molecular formula is C15H25N3. The Morgan fingerprint density at radius 2 is 2.17 bits per heavy atom. The first-order valence-corrected chi connectivity index (χ1v) is 6.95. The van der Waals surface area contributed by atoms with Crippen LogP contribution in [0.1, 0.15) is 38.3 Å². The summed E-state index contributed by atoms with van der Waals surface area (Å²) < 4.78 is 0. The van der Waals surface area contributed by atoms with E-state index in [1.165, 1.54) is 31.5 Å². The number of likely N-dealkylation sites (tertiary alicyclic amines) is 1. The second kappa shape index (κ2) is 5.70. The van der Waals surface area contributed by atoms with Crippen LogP contribution in [0, 0.1) is 5.92 Å². The Hall–Kier alpha value is -1.09. The highest BCUT2D eigenvalue weighted by atomic mass is 15.2. The number of anilines is 1. The van der Waals surface area contributed by atoms with Crippen molar-refractivity contribution >= 4 is 5.82 Å². The van der Waals surface area contributed by atoms with Crippen molar-refractivity contribution in [3.8, 4) is 0 Å². The topological polar surface area (TPSA) is 19.4 Å². The molecule has 3 heteroatoms. The van der Waals surface area contributed by atoms with Gasteiger partial charge in [0.1, 0.15) is 5.82 Å². The first-order chi connectivity index (χ1) is 8.58. The van der Waals surface area contributed by atoms with Gasteiger partial charge in [0, 0.05) is 32.9 Å². The molecule has 1 aromatic heterocycles. The monoisotopic (exact) mass is 247 g/mol. The van der Waals surface area contributed by atoms with Crippen molar-refractivity contribution in [2.45, 2.75) is 32.7 Å². The lowest BCUT2D eigenvalue weighted by atomic mass is 10.1. The fraction of sp³-hybridized carbons (Fsp3) is 0.667. The fourth-order valence-electron chi connectivity index (χ4n) is 2.75. The predicted molar refractivity (Wildman–Crippen MR) is 77.0 cm³/mol. The molecule has 1 fully saturated rings. The van der Waals surface area contributed by atoms with E-state index in [9.17, 15) is 0 Å². The highest BCUT2D eigenvalue weighted by molar-refractivity contribution is 5.37. The quantitative estimate of drug-likeness (QED) is 0.815. The summed E-state index contributed by atoms with van der Waals surface area (Å²) in [4.78, 5) is 9.19.